The van der Waals surface area contributed by atoms with E-state index in [-0.39, 0.29) is 18.3 Å². The minimum atomic E-state index is -3.33. The molecule has 3 atom stereocenters. The van der Waals surface area contributed by atoms with E-state index in [2.05, 4.69) is 4.18 Å². The van der Waals surface area contributed by atoms with E-state index in [4.69, 9.17) is 4.74 Å². The van der Waals surface area contributed by atoms with Crippen molar-refractivity contribution >= 4 is 10.1 Å². The molecule has 11 heavy (non-hydrogen) atoms. The van der Waals surface area contributed by atoms with Crippen molar-refractivity contribution in [1.82, 2.24) is 0 Å². The molecule has 0 N–H and O–H groups in total. The van der Waals surface area contributed by atoms with Crippen molar-refractivity contribution in [1.29, 1.82) is 0 Å². The molecule has 0 aromatic heterocycles. The molecular formula is C6H12O4S. The minimum Gasteiger partial charge on any atom is -0.367 e. The van der Waals surface area contributed by atoms with Crippen molar-refractivity contribution in [2.75, 3.05) is 6.26 Å². The number of ether oxygens (including phenoxy) is 1. The van der Waals surface area contributed by atoms with Gasteiger partial charge in [0.25, 0.3) is 10.1 Å². The molecule has 0 aromatic carbocycles. The van der Waals surface area contributed by atoms with Crippen molar-refractivity contribution < 1.29 is 17.3 Å². The zero-order valence-corrected chi connectivity index (χ0v) is 7.59. The Morgan fingerprint density at radius 3 is 2.27 bits per heavy atom. The summed E-state index contributed by atoms with van der Waals surface area (Å²) in [5.74, 6) is 0. The van der Waals surface area contributed by atoms with E-state index in [1.807, 2.05) is 6.92 Å². The molecule has 1 aliphatic rings. The van der Waals surface area contributed by atoms with E-state index in [1.165, 1.54) is 0 Å². The maximum Gasteiger partial charge on any atom is 0.264 e. The first-order chi connectivity index (χ1) is 4.90. The summed E-state index contributed by atoms with van der Waals surface area (Å²) < 4.78 is 30.9. The lowest BCUT2D eigenvalue weighted by Crippen LogP contribution is -2.20. The molecule has 0 aromatic rings. The van der Waals surface area contributed by atoms with Crippen molar-refractivity contribution in [3.8, 4) is 0 Å². The van der Waals surface area contributed by atoms with Crippen LogP contribution in [-0.2, 0) is 19.0 Å². The smallest absolute Gasteiger partial charge is 0.264 e. The Morgan fingerprint density at radius 1 is 1.55 bits per heavy atom. The molecule has 1 aliphatic heterocycles. The Bertz CT molecular complexity index is 233. The van der Waals surface area contributed by atoms with Crippen molar-refractivity contribution in [2.24, 2.45) is 0 Å². The fraction of sp³-hybridized carbons (Fsp3) is 1.00. The second kappa shape index (κ2) is 2.73. The summed E-state index contributed by atoms with van der Waals surface area (Å²) in [5, 5.41) is 0. The number of hydrogen-bond acceptors (Lipinski definition) is 4. The third-order valence-electron chi connectivity index (χ3n) is 1.55. The number of rotatable bonds is 3. The third-order valence-corrected chi connectivity index (χ3v) is 2.20. The highest BCUT2D eigenvalue weighted by Crippen LogP contribution is 2.26. The lowest BCUT2D eigenvalue weighted by atomic mass is 10.2. The number of epoxide rings is 1. The van der Waals surface area contributed by atoms with Crippen LogP contribution in [0.4, 0.5) is 0 Å². The largest absolute Gasteiger partial charge is 0.367 e. The van der Waals surface area contributed by atoms with Crippen LogP contribution in [0.1, 0.15) is 13.8 Å². The van der Waals surface area contributed by atoms with E-state index < -0.39 is 10.1 Å². The molecule has 4 nitrogen and oxygen atoms in total. The molecule has 1 unspecified atom stereocenters. The Balaban J connectivity index is 2.39. The van der Waals surface area contributed by atoms with Gasteiger partial charge in [0.05, 0.1) is 12.4 Å². The van der Waals surface area contributed by atoms with Crippen molar-refractivity contribution in [3.05, 3.63) is 0 Å². The Kier molecular flexibility index (Phi) is 2.22. The van der Waals surface area contributed by atoms with Gasteiger partial charge in [0.15, 0.2) is 0 Å². The van der Waals surface area contributed by atoms with Gasteiger partial charge in [-0.2, -0.15) is 8.42 Å². The zero-order valence-electron chi connectivity index (χ0n) is 6.77. The fourth-order valence-corrected chi connectivity index (χ4v) is 1.69. The zero-order chi connectivity index (χ0) is 8.65. The van der Waals surface area contributed by atoms with Gasteiger partial charge in [0.1, 0.15) is 12.2 Å². The van der Waals surface area contributed by atoms with Gasteiger partial charge in [0, 0.05) is 0 Å². The van der Waals surface area contributed by atoms with E-state index in [0.717, 1.165) is 6.26 Å². The van der Waals surface area contributed by atoms with Gasteiger partial charge in [-0.1, -0.05) is 0 Å². The van der Waals surface area contributed by atoms with Gasteiger partial charge in [-0.25, -0.2) is 0 Å². The second-order valence-electron chi connectivity index (χ2n) is 2.81. The molecule has 0 radical (unpaired) electrons. The normalized spacial score (nSPS) is 33.4. The van der Waals surface area contributed by atoms with Crippen LogP contribution in [-0.4, -0.2) is 33.0 Å². The molecule has 1 rings (SSSR count). The topological polar surface area (TPSA) is 55.9 Å². The summed E-state index contributed by atoms with van der Waals surface area (Å²) in [4.78, 5) is 0. The van der Waals surface area contributed by atoms with Crippen LogP contribution in [0.2, 0.25) is 0 Å². The molecule has 1 saturated heterocycles. The molecule has 0 saturated carbocycles. The molecule has 1 heterocycles. The summed E-state index contributed by atoms with van der Waals surface area (Å²) in [6.07, 6.45) is 0.757. The predicted octanol–water partition coefficient (Wildman–Crippen LogP) is 0.138. The fourth-order valence-electron chi connectivity index (χ4n) is 1.03. The first-order valence-electron chi connectivity index (χ1n) is 3.44. The van der Waals surface area contributed by atoms with Gasteiger partial charge in [0.2, 0.25) is 0 Å². The first-order valence-corrected chi connectivity index (χ1v) is 5.25. The van der Waals surface area contributed by atoms with E-state index in [9.17, 15) is 8.42 Å². The highest BCUT2D eigenvalue weighted by Gasteiger charge is 2.41. The highest BCUT2D eigenvalue weighted by molar-refractivity contribution is 7.86. The Morgan fingerprint density at radius 2 is 2.00 bits per heavy atom. The minimum absolute atomic E-state index is 0.0512. The van der Waals surface area contributed by atoms with Gasteiger partial charge < -0.3 is 4.74 Å². The highest BCUT2D eigenvalue weighted by atomic mass is 32.2. The van der Waals surface area contributed by atoms with Gasteiger partial charge in [-0.15, -0.1) is 0 Å². The van der Waals surface area contributed by atoms with Gasteiger partial charge in [-0.3, -0.25) is 4.18 Å². The second-order valence-corrected chi connectivity index (χ2v) is 4.41. The summed E-state index contributed by atoms with van der Waals surface area (Å²) in [5.41, 5.74) is 0. The third kappa shape index (κ3) is 2.76. The molecular weight excluding hydrogens is 168 g/mol. The summed E-state index contributed by atoms with van der Waals surface area (Å²) in [6.45, 7) is 3.57. The van der Waals surface area contributed by atoms with Crippen molar-refractivity contribution in [2.45, 2.75) is 32.2 Å². The van der Waals surface area contributed by atoms with Crippen LogP contribution in [0.3, 0.4) is 0 Å². The first kappa shape index (κ1) is 8.96. The van der Waals surface area contributed by atoms with Gasteiger partial charge >= 0.3 is 0 Å². The van der Waals surface area contributed by atoms with Crippen LogP contribution in [0, 0.1) is 0 Å². The van der Waals surface area contributed by atoms with Crippen LogP contribution >= 0.6 is 0 Å². The SMILES string of the molecule is CC(OS(C)(=O)=O)[C@@H]1O[C@@H]1C. The monoisotopic (exact) mass is 180 g/mol. The van der Waals surface area contributed by atoms with E-state index in [1.54, 1.807) is 6.92 Å². The molecule has 0 bridgehead atoms. The molecule has 0 spiro atoms. The lowest BCUT2D eigenvalue weighted by molar-refractivity contribution is 0.184. The average Bonchev–Trinajstić information content (AvgIpc) is 2.41. The summed E-state index contributed by atoms with van der Waals surface area (Å²) >= 11 is 0. The van der Waals surface area contributed by atoms with Crippen molar-refractivity contribution in [3.63, 3.8) is 0 Å². The molecule has 66 valence electrons. The molecule has 1 fully saturated rings. The quantitative estimate of drug-likeness (QED) is 0.458. The summed E-state index contributed by atoms with van der Waals surface area (Å²) in [7, 11) is -3.33. The van der Waals surface area contributed by atoms with E-state index >= 15 is 0 Å². The van der Waals surface area contributed by atoms with Crippen LogP contribution in [0.5, 0.6) is 0 Å². The van der Waals surface area contributed by atoms with E-state index in [0.29, 0.717) is 0 Å². The molecule has 0 aliphatic carbocycles. The molecule has 0 amide bonds. The van der Waals surface area contributed by atoms with Crippen LogP contribution in [0.25, 0.3) is 0 Å². The maximum absolute atomic E-state index is 10.6. The predicted molar refractivity (Wildman–Crippen MR) is 39.7 cm³/mol. The van der Waals surface area contributed by atoms with Crippen LogP contribution in [0.15, 0.2) is 0 Å². The standard InChI is InChI=1S/C6H12O4S/c1-4-6(9-4)5(2)10-11(3,7)8/h4-6H,1-3H3/t4-,5?,6-/m1/s1. The summed E-state index contributed by atoms with van der Waals surface area (Å²) in [6, 6.07) is 0. The van der Waals surface area contributed by atoms with Crippen LogP contribution < -0.4 is 0 Å². The average molecular weight is 180 g/mol. The van der Waals surface area contributed by atoms with Gasteiger partial charge in [-0.05, 0) is 13.8 Å². The Labute approximate surface area is 66.6 Å². The number of hydrogen-bond donors (Lipinski definition) is 0. The molecule has 5 heteroatoms. The Hall–Kier alpha value is -0.130. The lowest BCUT2D eigenvalue weighted by Gasteiger charge is -2.06. The maximum atomic E-state index is 10.6.